The predicted molar refractivity (Wildman–Crippen MR) is 52.4 cm³/mol. The van der Waals surface area contributed by atoms with Crippen LogP contribution < -0.4 is 0 Å². The Hall–Kier alpha value is -0.500. The average molecular weight is 227 g/mol. The molecule has 12 heavy (non-hydrogen) atoms. The lowest BCUT2D eigenvalue weighted by Gasteiger charge is -2.26. The Kier molecular flexibility index (Phi) is 2.09. The lowest BCUT2D eigenvalue weighted by atomic mass is 9.80. The highest BCUT2D eigenvalue weighted by atomic mass is 79.9. The molecule has 2 heteroatoms. The molecule has 1 fully saturated rings. The molecule has 1 aromatic rings. The Labute approximate surface area is 80.5 Å². The number of aromatic hydroxyl groups is 1. The molecule has 0 aliphatic heterocycles. The number of halogens is 1. The number of hydrogen-bond donors (Lipinski definition) is 1. The van der Waals surface area contributed by atoms with Gasteiger partial charge >= 0.3 is 0 Å². The van der Waals surface area contributed by atoms with Crippen molar-refractivity contribution in [3.63, 3.8) is 0 Å². The summed E-state index contributed by atoms with van der Waals surface area (Å²) in [5.41, 5.74) is 1.11. The van der Waals surface area contributed by atoms with Gasteiger partial charge < -0.3 is 5.11 Å². The van der Waals surface area contributed by atoms with Crippen LogP contribution in [0, 0.1) is 0 Å². The van der Waals surface area contributed by atoms with Crippen LogP contribution in [0.25, 0.3) is 0 Å². The highest BCUT2D eigenvalue weighted by molar-refractivity contribution is 9.10. The van der Waals surface area contributed by atoms with Crippen LogP contribution >= 0.6 is 15.9 Å². The van der Waals surface area contributed by atoms with Crippen molar-refractivity contribution in [3.05, 3.63) is 28.2 Å². The fraction of sp³-hybridized carbons (Fsp3) is 0.400. The molecule has 1 N–H and O–H groups in total. The molecule has 0 aromatic heterocycles. The zero-order chi connectivity index (χ0) is 8.55. The Morgan fingerprint density at radius 3 is 2.67 bits per heavy atom. The molecule has 2 rings (SSSR count). The van der Waals surface area contributed by atoms with Crippen LogP contribution in [0.1, 0.15) is 30.7 Å². The van der Waals surface area contributed by atoms with Crippen LogP contribution in [-0.2, 0) is 0 Å². The number of phenols is 1. The van der Waals surface area contributed by atoms with Crippen molar-refractivity contribution in [1.82, 2.24) is 0 Å². The summed E-state index contributed by atoms with van der Waals surface area (Å²) in [5, 5.41) is 9.55. The van der Waals surface area contributed by atoms with Crippen molar-refractivity contribution in [2.24, 2.45) is 0 Å². The zero-order valence-corrected chi connectivity index (χ0v) is 8.34. The van der Waals surface area contributed by atoms with Gasteiger partial charge in [-0.05, 0) is 42.5 Å². The first kappa shape index (κ1) is 8.11. The molecule has 1 aromatic carbocycles. The minimum atomic E-state index is 0.447. The quantitative estimate of drug-likeness (QED) is 0.779. The van der Waals surface area contributed by atoms with Gasteiger partial charge in [0.1, 0.15) is 5.75 Å². The number of hydrogen-bond acceptors (Lipinski definition) is 1. The molecule has 1 saturated carbocycles. The third-order valence-electron chi connectivity index (χ3n) is 2.53. The number of rotatable bonds is 1. The van der Waals surface area contributed by atoms with E-state index in [1.807, 2.05) is 12.1 Å². The topological polar surface area (TPSA) is 20.2 Å². The van der Waals surface area contributed by atoms with Gasteiger partial charge in [0.15, 0.2) is 0 Å². The van der Waals surface area contributed by atoms with Crippen molar-refractivity contribution in [2.75, 3.05) is 0 Å². The zero-order valence-electron chi connectivity index (χ0n) is 6.76. The molecule has 0 saturated heterocycles. The fourth-order valence-corrected chi connectivity index (χ4v) is 1.95. The molecule has 0 heterocycles. The van der Waals surface area contributed by atoms with Gasteiger partial charge in [-0.3, -0.25) is 0 Å². The molecule has 0 atom stereocenters. The van der Waals surface area contributed by atoms with E-state index in [9.17, 15) is 5.11 Å². The van der Waals surface area contributed by atoms with Crippen LogP contribution in [0.3, 0.4) is 0 Å². The summed E-state index contributed by atoms with van der Waals surface area (Å²) >= 11 is 3.41. The van der Waals surface area contributed by atoms with E-state index in [1.165, 1.54) is 19.3 Å². The number of benzene rings is 1. The van der Waals surface area contributed by atoms with Crippen molar-refractivity contribution >= 4 is 15.9 Å². The van der Waals surface area contributed by atoms with E-state index in [2.05, 4.69) is 15.9 Å². The second-order valence-electron chi connectivity index (χ2n) is 3.33. The van der Waals surface area contributed by atoms with Gasteiger partial charge in [-0.25, -0.2) is 0 Å². The van der Waals surface area contributed by atoms with Crippen LogP contribution in [-0.4, -0.2) is 5.11 Å². The summed E-state index contributed by atoms with van der Waals surface area (Å²) in [6.45, 7) is 0. The monoisotopic (exact) mass is 226 g/mol. The normalized spacial score (nSPS) is 17.4. The SMILES string of the molecule is Oc1ccc(Br)cc1C1CCC1. The van der Waals surface area contributed by atoms with Gasteiger partial charge in [0.25, 0.3) is 0 Å². The van der Waals surface area contributed by atoms with Crippen LogP contribution in [0.4, 0.5) is 0 Å². The van der Waals surface area contributed by atoms with E-state index in [0.29, 0.717) is 11.7 Å². The molecule has 0 bridgehead atoms. The van der Waals surface area contributed by atoms with E-state index < -0.39 is 0 Å². The van der Waals surface area contributed by atoms with Crippen molar-refractivity contribution in [1.29, 1.82) is 0 Å². The molecule has 64 valence electrons. The summed E-state index contributed by atoms with van der Waals surface area (Å²) in [6, 6.07) is 5.66. The largest absolute Gasteiger partial charge is 0.508 e. The van der Waals surface area contributed by atoms with Crippen LogP contribution in [0.15, 0.2) is 22.7 Å². The van der Waals surface area contributed by atoms with E-state index in [0.717, 1.165) is 10.0 Å². The maximum absolute atomic E-state index is 9.55. The van der Waals surface area contributed by atoms with Gasteiger partial charge in [0, 0.05) is 4.47 Å². The fourth-order valence-electron chi connectivity index (χ4n) is 1.57. The highest BCUT2D eigenvalue weighted by Crippen LogP contribution is 2.41. The smallest absolute Gasteiger partial charge is 0.119 e. The molecule has 1 aliphatic carbocycles. The molecule has 0 spiro atoms. The van der Waals surface area contributed by atoms with Gasteiger partial charge in [0.2, 0.25) is 0 Å². The van der Waals surface area contributed by atoms with Crippen molar-refractivity contribution < 1.29 is 5.11 Å². The standard InChI is InChI=1S/C10H11BrO/c11-8-4-5-10(12)9(6-8)7-2-1-3-7/h4-7,12H,1-3H2. The number of phenolic OH excluding ortho intramolecular Hbond substituents is 1. The van der Waals surface area contributed by atoms with E-state index >= 15 is 0 Å². The Bertz CT molecular complexity index is 292. The van der Waals surface area contributed by atoms with Gasteiger partial charge in [-0.2, -0.15) is 0 Å². The van der Waals surface area contributed by atoms with E-state index in [4.69, 9.17) is 0 Å². The van der Waals surface area contributed by atoms with Crippen molar-refractivity contribution in [3.8, 4) is 5.75 Å². The summed E-state index contributed by atoms with van der Waals surface area (Å²) < 4.78 is 1.06. The first-order chi connectivity index (χ1) is 5.77. The predicted octanol–water partition coefficient (Wildman–Crippen LogP) is 3.42. The average Bonchev–Trinajstić information content (AvgIpc) is 1.93. The molecular formula is C10H11BrO. The summed E-state index contributed by atoms with van der Waals surface area (Å²) in [6.07, 6.45) is 3.75. The van der Waals surface area contributed by atoms with E-state index in [-0.39, 0.29) is 0 Å². The second-order valence-corrected chi connectivity index (χ2v) is 4.25. The lowest BCUT2D eigenvalue weighted by Crippen LogP contribution is -2.08. The highest BCUT2D eigenvalue weighted by Gasteiger charge is 2.22. The molecule has 1 aliphatic rings. The van der Waals surface area contributed by atoms with Crippen molar-refractivity contribution in [2.45, 2.75) is 25.2 Å². The summed E-state index contributed by atoms with van der Waals surface area (Å²) in [5.74, 6) is 1.05. The molecular weight excluding hydrogens is 216 g/mol. The summed E-state index contributed by atoms with van der Waals surface area (Å²) in [4.78, 5) is 0. The van der Waals surface area contributed by atoms with Gasteiger partial charge in [0.05, 0.1) is 0 Å². The van der Waals surface area contributed by atoms with Crippen LogP contribution in [0.5, 0.6) is 5.75 Å². The second kappa shape index (κ2) is 3.09. The Balaban J connectivity index is 2.34. The lowest BCUT2D eigenvalue weighted by molar-refractivity contribution is 0.393. The third-order valence-corrected chi connectivity index (χ3v) is 3.03. The summed E-state index contributed by atoms with van der Waals surface area (Å²) in [7, 11) is 0. The Morgan fingerprint density at radius 2 is 2.08 bits per heavy atom. The van der Waals surface area contributed by atoms with Gasteiger partial charge in [-0.1, -0.05) is 22.4 Å². The van der Waals surface area contributed by atoms with Crippen LogP contribution in [0.2, 0.25) is 0 Å². The van der Waals surface area contributed by atoms with E-state index in [1.54, 1.807) is 6.07 Å². The molecule has 0 radical (unpaired) electrons. The molecule has 0 unspecified atom stereocenters. The first-order valence-electron chi connectivity index (χ1n) is 4.26. The van der Waals surface area contributed by atoms with Gasteiger partial charge in [-0.15, -0.1) is 0 Å². The minimum Gasteiger partial charge on any atom is -0.508 e. The Morgan fingerprint density at radius 1 is 1.33 bits per heavy atom. The first-order valence-corrected chi connectivity index (χ1v) is 5.05. The third kappa shape index (κ3) is 1.36. The molecule has 0 amide bonds. The molecule has 1 nitrogen and oxygen atoms in total. The maximum atomic E-state index is 9.55. The maximum Gasteiger partial charge on any atom is 0.119 e. The minimum absolute atomic E-state index is 0.447.